The Hall–Kier alpha value is -2.05. The molecule has 0 amide bonds. The lowest BCUT2D eigenvalue weighted by atomic mass is 9.71. The van der Waals surface area contributed by atoms with E-state index in [0.717, 1.165) is 35.5 Å². The zero-order valence-electron chi connectivity index (χ0n) is 23.5. The van der Waals surface area contributed by atoms with Crippen LogP contribution >= 0.6 is 11.3 Å². The molecule has 0 radical (unpaired) electrons. The Morgan fingerprint density at radius 2 is 2.03 bits per heavy atom. The number of rotatable bonds is 4. The number of carbonyl (C=O) groups excluding carboxylic acids is 2. The zero-order chi connectivity index (χ0) is 28.3. The lowest BCUT2D eigenvalue weighted by molar-refractivity contribution is -0.154. The molecular weight excluding hydrogens is 502 g/mol. The molecule has 2 fully saturated rings. The highest BCUT2D eigenvalue weighted by molar-refractivity contribution is 7.09. The van der Waals surface area contributed by atoms with Crippen LogP contribution in [-0.4, -0.2) is 57.0 Å². The summed E-state index contributed by atoms with van der Waals surface area (Å²) in [6.07, 6.45) is 7.80. The number of aliphatic hydroxyl groups is 2. The monoisotopic (exact) mass is 545 g/mol. The van der Waals surface area contributed by atoms with Crippen LogP contribution < -0.4 is 0 Å². The zero-order valence-corrected chi connectivity index (χ0v) is 24.3. The van der Waals surface area contributed by atoms with Gasteiger partial charge in [-0.25, -0.2) is 4.98 Å². The van der Waals surface area contributed by atoms with Crippen LogP contribution in [0, 0.1) is 36.5 Å². The van der Waals surface area contributed by atoms with Gasteiger partial charge in [-0.1, -0.05) is 27.2 Å². The molecule has 7 nitrogen and oxygen atoms in total. The standard InChI is InChI=1S/C30H43NO6S/c1-8-9-12-22-27(34)18(2)11-10-13-30(7)25(37-30)15-23(19(3)14-21-17-38-20(4)31-21)36-26(33)16-24(32)29(5,6)28(22)35/h1,14,17-18,22-25,27,32,34H,9-13,15-16H2,2-7H3. The summed E-state index contributed by atoms with van der Waals surface area (Å²) in [5, 5.41) is 25.1. The number of carbonyl (C=O) groups is 2. The molecule has 0 bridgehead atoms. The molecule has 1 aromatic rings. The maximum atomic E-state index is 13.7. The van der Waals surface area contributed by atoms with Crippen molar-refractivity contribution in [2.24, 2.45) is 17.3 Å². The summed E-state index contributed by atoms with van der Waals surface area (Å²) in [5.41, 5.74) is 0.0557. The third-order valence-electron chi connectivity index (χ3n) is 8.35. The van der Waals surface area contributed by atoms with E-state index in [2.05, 4.69) is 17.8 Å². The van der Waals surface area contributed by atoms with Crippen molar-refractivity contribution >= 4 is 29.2 Å². The molecule has 210 valence electrons. The van der Waals surface area contributed by atoms with E-state index in [1.54, 1.807) is 25.2 Å². The number of aliphatic hydroxyl groups excluding tert-OH is 2. The van der Waals surface area contributed by atoms with Crippen LogP contribution in [0.5, 0.6) is 0 Å². The van der Waals surface area contributed by atoms with Gasteiger partial charge >= 0.3 is 5.97 Å². The molecule has 3 heterocycles. The van der Waals surface area contributed by atoms with E-state index in [1.165, 1.54) is 0 Å². The molecule has 1 aromatic heterocycles. The van der Waals surface area contributed by atoms with E-state index in [-0.39, 0.29) is 29.8 Å². The third-order valence-corrected chi connectivity index (χ3v) is 9.14. The van der Waals surface area contributed by atoms with Gasteiger partial charge in [0.1, 0.15) is 11.9 Å². The molecule has 2 saturated heterocycles. The van der Waals surface area contributed by atoms with Crippen LogP contribution in [0.3, 0.4) is 0 Å². The van der Waals surface area contributed by atoms with Crippen molar-refractivity contribution in [3.8, 4) is 12.3 Å². The fourth-order valence-electron chi connectivity index (χ4n) is 5.40. The molecule has 2 N–H and O–H groups in total. The smallest absolute Gasteiger partial charge is 0.309 e. The van der Waals surface area contributed by atoms with Crippen molar-refractivity contribution in [1.82, 2.24) is 4.98 Å². The Morgan fingerprint density at radius 3 is 2.66 bits per heavy atom. The number of thiazole rings is 1. The number of nitrogens with zero attached hydrogens (tertiary/aromatic N) is 1. The summed E-state index contributed by atoms with van der Waals surface area (Å²) in [5.74, 6) is 0.825. The van der Waals surface area contributed by atoms with Crippen LogP contribution in [0.25, 0.3) is 6.08 Å². The van der Waals surface area contributed by atoms with Crippen LogP contribution in [0.4, 0.5) is 0 Å². The minimum atomic E-state index is -1.28. The number of fused-ring (bicyclic) bond motifs is 1. The SMILES string of the molecule is C#CCCC1C(=O)C(C)(C)C(O)CC(=O)OC(C(C)=Cc2csc(C)n2)CC2OC2(C)CCCC(C)C1O. The van der Waals surface area contributed by atoms with Crippen LogP contribution in [-0.2, 0) is 19.1 Å². The largest absolute Gasteiger partial charge is 0.458 e. The highest BCUT2D eigenvalue weighted by Crippen LogP contribution is 2.45. The number of hydrogen-bond donors (Lipinski definition) is 2. The predicted octanol–water partition coefficient (Wildman–Crippen LogP) is 4.87. The number of cyclic esters (lactones) is 1. The fraction of sp³-hybridized carbons (Fsp3) is 0.700. The molecule has 38 heavy (non-hydrogen) atoms. The van der Waals surface area contributed by atoms with Gasteiger partial charge in [-0.2, -0.15) is 0 Å². The van der Waals surface area contributed by atoms with E-state index >= 15 is 0 Å². The van der Waals surface area contributed by atoms with Gasteiger partial charge < -0.3 is 19.7 Å². The van der Waals surface area contributed by atoms with Crippen molar-refractivity contribution in [1.29, 1.82) is 0 Å². The highest BCUT2D eigenvalue weighted by Gasteiger charge is 2.53. The second-order valence-electron chi connectivity index (χ2n) is 11.8. The molecular formula is C30H43NO6S. The molecule has 0 aromatic carbocycles. The number of Topliss-reactive ketones (excluding diaryl/α,β-unsaturated/α-hetero) is 1. The second kappa shape index (κ2) is 12.4. The maximum absolute atomic E-state index is 13.7. The number of ether oxygens (including phenoxy) is 2. The quantitative estimate of drug-likeness (QED) is 0.316. The summed E-state index contributed by atoms with van der Waals surface area (Å²) in [4.78, 5) is 31.2. The minimum Gasteiger partial charge on any atom is -0.458 e. The highest BCUT2D eigenvalue weighted by atomic mass is 32.1. The topological polar surface area (TPSA) is 109 Å². The molecule has 0 spiro atoms. The van der Waals surface area contributed by atoms with E-state index in [1.807, 2.05) is 32.2 Å². The second-order valence-corrected chi connectivity index (χ2v) is 12.9. The first-order chi connectivity index (χ1) is 17.8. The van der Waals surface area contributed by atoms with Crippen LogP contribution in [0.15, 0.2) is 11.0 Å². The first-order valence-corrected chi connectivity index (χ1v) is 14.5. The first kappa shape index (κ1) is 30.5. The molecule has 7 unspecified atom stereocenters. The van der Waals surface area contributed by atoms with E-state index in [9.17, 15) is 19.8 Å². The molecule has 8 heteroatoms. The number of ketones is 1. The first-order valence-electron chi connectivity index (χ1n) is 13.6. The number of aromatic nitrogens is 1. The summed E-state index contributed by atoms with van der Waals surface area (Å²) in [6, 6.07) is 0. The number of hydrogen-bond acceptors (Lipinski definition) is 8. The molecule has 7 atom stereocenters. The summed E-state index contributed by atoms with van der Waals surface area (Å²) >= 11 is 1.55. The van der Waals surface area contributed by atoms with Gasteiger partial charge in [-0.05, 0) is 57.6 Å². The lowest BCUT2D eigenvalue weighted by Gasteiger charge is -2.36. The van der Waals surface area contributed by atoms with Crippen LogP contribution in [0.1, 0.15) is 90.3 Å². The maximum Gasteiger partial charge on any atom is 0.309 e. The van der Waals surface area contributed by atoms with Gasteiger partial charge in [-0.15, -0.1) is 23.7 Å². The van der Waals surface area contributed by atoms with Crippen LogP contribution in [0.2, 0.25) is 0 Å². The van der Waals surface area contributed by atoms with Crippen molar-refractivity contribution in [2.75, 3.05) is 0 Å². The Labute approximate surface area is 231 Å². The number of terminal acetylenes is 1. The number of aryl methyl sites for hydroxylation is 1. The third kappa shape index (κ3) is 7.32. The lowest BCUT2D eigenvalue weighted by Crippen LogP contribution is -2.46. The Balaban J connectivity index is 1.88. The Kier molecular flexibility index (Phi) is 9.97. The predicted molar refractivity (Wildman–Crippen MR) is 148 cm³/mol. The van der Waals surface area contributed by atoms with Gasteiger partial charge in [0.25, 0.3) is 0 Å². The Morgan fingerprint density at radius 1 is 1.32 bits per heavy atom. The minimum absolute atomic E-state index is 0.0692. The normalized spacial score (nSPS) is 35.2. The van der Waals surface area contributed by atoms with Gasteiger partial charge in [0.05, 0.1) is 46.5 Å². The van der Waals surface area contributed by atoms with E-state index in [0.29, 0.717) is 19.3 Å². The molecule has 2 aliphatic rings. The fourth-order valence-corrected chi connectivity index (χ4v) is 5.97. The summed E-state index contributed by atoms with van der Waals surface area (Å²) in [6.45, 7) is 11.1. The van der Waals surface area contributed by atoms with Crippen molar-refractivity contribution in [2.45, 2.75) is 117 Å². The average molecular weight is 546 g/mol. The summed E-state index contributed by atoms with van der Waals surface area (Å²) < 4.78 is 12.0. The van der Waals surface area contributed by atoms with Gasteiger partial charge in [0, 0.05) is 24.1 Å². The van der Waals surface area contributed by atoms with Gasteiger partial charge in [0.15, 0.2) is 0 Å². The van der Waals surface area contributed by atoms with E-state index in [4.69, 9.17) is 15.9 Å². The van der Waals surface area contributed by atoms with Crippen molar-refractivity contribution in [3.63, 3.8) is 0 Å². The molecule has 0 saturated carbocycles. The molecule has 2 aliphatic heterocycles. The Bertz CT molecular complexity index is 1070. The molecule has 0 aliphatic carbocycles. The number of epoxide rings is 1. The number of esters is 1. The summed E-state index contributed by atoms with van der Waals surface area (Å²) in [7, 11) is 0. The van der Waals surface area contributed by atoms with E-state index < -0.39 is 35.6 Å². The van der Waals surface area contributed by atoms with Crippen molar-refractivity contribution < 1.29 is 29.3 Å². The van der Waals surface area contributed by atoms with Gasteiger partial charge in [-0.3, -0.25) is 9.59 Å². The molecule has 3 rings (SSSR count). The van der Waals surface area contributed by atoms with Crippen molar-refractivity contribution in [3.05, 3.63) is 21.7 Å². The van der Waals surface area contributed by atoms with Gasteiger partial charge in [0.2, 0.25) is 0 Å². The average Bonchev–Trinajstić information content (AvgIpc) is 3.29.